The van der Waals surface area contributed by atoms with Crippen LogP contribution in [0.1, 0.15) is 25.8 Å². The second-order valence-corrected chi connectivity index (χ2v) is 3.71. The SMILES string of the molecule is CCOC(=O)C(CC)C(=O)Cc1ccncc1. The molecule has 4 nitrogen and oxygen atoms in total. The van der Waals surface area contributed by atoms with E-state index in [-0.39, 0.29) is 12.2 Å². The summed E-state index contributed by atoms with van der Waals surface area (Å²) < 4.78 is 4.88. The maximum atomic E-state index is 11.9. The van der Waals surface area contributed by atoms with E-state index >= 15 is 0 Å². The Labute approximate surface area is 101 Å². The van der Waals surface area contributed by atoms with Gasteiger partial charge in [0.1, 0.15) is 5.92 Å². The molecule has 0 aliphatic heterocycles. The zero-order valence-electron chi connectivity index (χ0n) is 10.2. The van der Waals surface area contributed by atoms with Crippen molar-refractivity contribution in [2.75, 3.05) is 6.61 Å². The minimum atomic E-state index is -0.650. The highest BCUT2D eigenvalue weighted by Gasteiger charge is 2.25. The number of esters is 1. The fourth-order valence-electron chi connectivity index (χ4n) is 1.59. The molecular weight excluding hydrogens is 218 g/mol. The molecule has 92 valence electrons. The summed E-state index contributed by atoms with van der Waals surface area (Å²) >= 11 is 0. The van der Waals surface area contributed by atoms with Crippen LogP contribution in [-0.2, 0) is 20.7 Å². The van der Waals surface area contributed by atoms with E-state index in [1.54, 1.807) is 31.5 Å². The number of ketones is 1. The molecule has 0 amide bonds. The number of carbonyl (C=O) groups is 2. The summed E-state index contributed by atoms with van der Waals surface area (Å²) in [6.07, 6.45) is 3.99. The predicted molar refractivity (Wildman–Crippen MR) is 63.4 cm³/mol. The van der Waals surface area contributed by atoms with Gasteiger partial charge in [0, 0.05) is 18.8 Å². The maximum absolute atomic E-state index is 11.9. The first-order valence-electron chi connectivity index (χ1n) is 5.77. The van der Waals surface area contributed by atoms with Crippen LogP contribution in [0.4, 0.5) is 0 Å². The van der Waals surface area contributed by atoms with Gasteiger partial charge in [-0.1, -0.05) is 6.92 Å². The van der Waals surface area contributed by atoms with Gasteiger partial charge in [0.05, 0.1) is 6.61 Å². The van der Waals surface area contributed by atoms with Gasteiger partial charge in [-0.05, 0) is 31.0 Å². The van der Waals surface area contributed by atoms with E-state index in [4.69, 9.17) is 4.74 Å². The topological polar surface area (TPSA) is 56.3 Å². The van der Waals surface area contributed by atoms with E-state index in [2.05, 4.69) is 4.98 Å². The van der Waals surface area contributed by atoms with E-state index in [9.17, 15) is 9.59 Å². The molecule has 0 aliphatic rings. The van der Waals surface area contributed by atoms with Crippen molar-refractivity contribution in [3.05, 3.63) is 30.1 Å². The summed E-state index contributed by atoms with van der Waals surface area (Å²) in [6, 6.07) is 3.55. The molecular formula is C13H17NO3. The lowest BCUT2D eigenvalue weighted by atomic mass is 9.96. The normalized spacial score (nSPS) is 11.9. The second-order valence-electron chi connectivity index (χ2n) is 3.71. The largest absolute Gasteiger partial charge is 0.465 e. The van der Waals surface area contributed by atoms with Crippen LogP contribution in [0.2, 0.25) is 0 Å². The third-order valence-corrected chi connectivity index (χ3v) is 2.50. The number of ether oxygens (including phenoxy) is 1. The fourth-order valence-corrected chi connectivity index (χ4v) is 1.59. The van der Waals surface area contributed by atoms with Gasteiger partial charge in [-0.15, -0.1) is 0 Å². The van der Waals surface area contributed by atoms with Gasteiger partial charge in [0.2, 0.25) is 0 Å². The van der Waals surface area contributed by atoms with Gasteiger partial charge in [-0.2, -0.15) is 0 Å². The van der Waals surface area contributed by atoms with Crippen LogP contribution in [0.15, 0.2) is 24.5 Å². The van der Waals surface area contributed by atoms with E-state index < -0.39 is 11.9 Å². The van der Waals surface area contributed by atoms with Crippen LogP contribution in [0.3, 0.4) is 0 Å². The van der Waals surface area contributed by atoms with E-state index in [1.807, 2.05) is 6.92 Å². The van der Waals surface area contributed by atoms with E-state index in [0.717, 1.165) is 5.56 Å². The molecule has 1 unspecified atom stereocenters. The first-order chi connectivity index (χ1) is 8.19. The van der Waals surface area contributed by atoms with Crippen molar-refractivity contribution in [3.8, 4) is 0 Å². The van der Waals surface area contributed by atoms with E-state index in [1.165, 1.54) is 0 Å². The molecule has 0 N–H and O–H groups in total. The summed E-state index contributed by atoms with van der Waals surface area (Å²) in [6.45, 7) is 3.85. The Kier molecular flexibility index (Phi) is 5.33. The molecule has 0 spiro atoms. The van der Waals surface area contributed by atoms with Gasteiger partial charge in [-0.25, -0.2) is 0 Å². The van der Waals surface area contributed by atoms with Crippen molar-refractivity contribution in [2.45, 2.75) is 26.7 Å². The Morgan fingerprint density at radius 2 is 1.94 bits per heavy atom. The molecule has 0 radical (unpaired) electrons. The minimum absolute atomic E-state index is 0.0999. The summed E-state index contributed by atoms with van der Waals surface area (Å²) in [4.78, 5) is 27.4. The Morgan fingerprint density at radius 3 is 2.47 bits per heavy atom. The van der Waals surface area contributed by atoms with Crippen molar-refractivity contribution in [1.82, 2.24) is 4.98 Å². The van der Waals surface area contributed by atoms with Crippen LogP contribution in [-0.4, -0.2) is 23.3 Å². The number of Topliss-reactive ketones (excluding diaryl/α,β-unsaturated/α-hetero) is 1. The van der Waals surface area contributed by atoms with Crippen LogP contribution >= 0.6 is 0 Å². The Morgan fingerprint density at radius 1 is 1.29 bits per heavy atom. The third-order valence-electron chi connectivity index (χ3n) is 2.50. The lowest BCUT2D eigenvalue weighted by molar-refractivity contribution is -0.151. The lowest BCUT2D eigenvalue weighted by Crippen LogP contribution is -2.27. The van der Waals surface area contributed by atoms with Gasteiger partial charge < -0.3 is 4.74 Å². The molecule has 4 heteroatoms. The summed E-state index contributed by atoms with van der Waals surface area (Å²) in [5.41, 5.74) is 0.868. The van der Waals surface area contributed by atoms with Crippen molar-refractivity contribution < 1.29 is 14.3 Å². The number of hydrogen-bond donors (Lipinski definition) is 0. The quantitative estimate of drug-likeness (QED) is 0.557. The van der Waals surface area contributed by atoms with Crippen molar-refractivity contribution in [2.24, 2.45) is 5.92 Å². The minimum Gasteiger partial charge on any atom is -0.465 e. The molecule has 0 saturated carbocycles. The molecule has 0 bridgehead atoms. The predicted octanol–water partition coefficient (Wildman–Crippen LogP) is 1.78. The van der Waals surface area contributed by atoms with Gasteiger partial charge >= 0.3 is 5.97 Å². The molecule has 0 aromatic carbocycles. The van der Waals surface area contributed by atoms with Gasteiger partial charge in [0.25, 0.3) is 0 Å². The zero-order valence-corrected chi connectivity index (χ0v) is 10.2. The number of carbonyl (C=O) groups excluding carboxylic acids is 2. The molecule has 17 heavy (non-hydrogen) atoms. The van der Waals surface area contributed by atoms with Crippen molar-refractivity contribution in [1.29, 1.82) is 0 Å². The fraction of sp³-hybridized carbons (Fsp3) is 0.462. The molecule has 1 aromatic rings. The standard InChI is InChI=1S/C13H17NO3/c1-3-11(13(16)17-4-2)12(15)9-10-5-7-14-8-6-10/h5-8,11H,3-4,9H2,1-2H3. The molecule has 1 atom stereocenters. The monoisotopic (exact) mass is 235 g/mol. The van der Waals surface area contributed by atoms with Crippen molar-refractivity contribution >= 4 is 11.8 Å². The summed E-state index contributed by atoms with van der Waals surface area (Å²) in [5.74, 6) is -1.17. The van der Waals surface area contributed by atoms with Gasteiger partial charge in [-0.3, -0.25) is 14.6 Å². The smallest absolute Gasteiger partial charge is 0.316 e. The number of pyridine rings is 1. The lowest BCUT2D eigenvalue weighted by Gasteiger charge is -2.12. The number of aromatic nitrogens is 1. The average molecular weight is 235 g/mol. The highest BCUT2D eigenvalue weighted by atomic mass is 16.5. The highest BCUT2D eigenvalue weighted by Crippen LogP contribution is 2.11. The summed E-state index contributed by atoms with van der Waals surface area (Å²) in [7, 11) is 0. The summed E-state index contributed by atoms with van der Waals surface area (Å²) in [5, 5.41) is 0. The van der Waals surface area contributed by atoms with E-state index in [0.29, 0.717) is 13.0 Å². The molecule has 0 fully saturated rings. The zero-order chi connectivity index (χ0) is 12.7. The Bertz CT molecular complexity index is 376. The first-order valence-corrected chi connectivity index (χ1v) is 5.77. The van der Waals surface area contributed by atoms with Crippen LogP contribution in [0, 0.1) is 5.92 Å². The van der Waals surface area contributed by atoms with Crippen LogP contribution in [0.25, 0.3) is 0 Å². The second kappa shape index (κ2) is 6.78. The first kappa shape index (κ1) is 13.4. The molecule has 0 aliphatic carbocycles. The van der Waals surface area contributed by atoms with Gasteiger partial charge in [0.15, 0.2) is 5.78 Å². The molecule has 1 heterocycles. The van der Waals surface area contributed by atoms with Crippen molar-refractivity contribution in [3.63, 3.8) is 0 Å². The molecule has 1 rings (SSSR count). The number of rotatable bonds is 6. The average Bonchev–Trinajstić information content (AvgIpc) is 2.31. The maximum Gasteiger partial charge on any atom is 0.316 e. The third kappa shape index (κ3) is 3.98. The number of hydrogen-bond acceptors (Lipinski definition) is 4. The molecule has 0 saturated heterocycles. The molecule has 1 aromatic heterocycles. The Balaban J connectivity index is 2.64. The van der Waals surface area contributed by atoms with Crippen LogP contribution in [0.5, 0.6) is 0 Å². The number of nitrogens with zero attached hydrogens (tertiary/aromatic N) is 1. The Hall–Kier alpha value is -1.71. The van der Waals surface area contributed by atoms with Crippen LogP contribution < -0.4 is 0 Å². The highest BCUT2D eigenvalue weighted by molar-refractivity contribution is 5.99.